The number of ether oxygens (including phenoxy) is 1. The Morgan fingerprint density at radius 3 is 2.55 bits per heavy atom. The van der Waals surface area contributed by atoms with Crippen molar-refractivity contribution in [3.05, 3.63) is 71.7 Å². The molecule has 2 heterocycles. The normalized spacial score (nSPS) is 21.5. The number of halogens is 1. The van der Waals surface area contributed by atoms with E-state index in [1.54, 1.807) is 19.2 Å². The van der Waals surface area contributed by atoms with Gasteiger partial charge in [-0.3, -0.25) is 4.98 Å². The van der Waals surface area contributed by atoms with Crippen molar-refractivity contribution in [3.8, 4) is 5.75 Å². The number of benzene rings is 2. The van der Waals surface area contributed by atoms with E-state index in [0.717, 1.165) is 53.6 Å². The molecule has 0 radical (unpaired) electrons. The number of fused-ring (bicyclic) bond motifs is 1. The first-order chi connectivity index (χ1) is 16.1. The molecule has 33 heavy (non-hydrogen) atoms. The Balaban J connectivity index is 1.16. The summed E-state index contributed by atoms with van der Waals surface area (Å²) in [6, 6.07) is 15.0. The van der Waals surface area contributed by atoms with Gasteiger partial charge in [0.25, 0.3) is 0 Å². The highest BCUT2D eigenvalue weighted by molar-refractivity contribution is 6.15. The average molecular weight is 444 g/mol. The number of nitrogens with zero attached hydrogens (tertiary/aromatic N) is 3. The van der Waals surface area contributed by atoms with Crippen LogP contribution in [0.25, 0.3) is 10.9 Å². The lowest BCUT2D eigenvalue weighted by atomic mass is 9.72. The summed E-state index contributed by atoms with van der Waals surface area (Å²) >= 11 is 0. The third kappa shape index (κ3) is 4.68. The Hall–Kier alpha value is -3.08. The van der Waals surface area contributed by atoms with E-state index >= 15 is 0 Å². The van der Waals surface area contributed by atoms with Crippen LogP contribution < -0.4 is 4.74 Å². The maximum Gasteiger partial charge on any atom is 0.123 e. The van der Waals surface area contributed by atoms with Crippen LogP contribution in [0.15, 0.2) is 64.9 Å². The van der Waals surface area contributed by atoms with Crippen LogP contribution in [-0.2, 0) is 0 Å². The molecule has 0 unspecified atom stereocenters. The molecule has 0 spiro atoms. The van der Waals surface area contributed by atoms with Gasteiger partial charge in [-0.2, -0.15) is 10.2 Å². The molecule has 5 heteroatoms. The largest absolute Gasteiger partial charge is 0.497 e. The predicted octanol–water partition coefficient (Wildman–Crippen LogP) is 6.93. The summed E-state index contributed by atoms with van der Waals surface area (Å²) in [6.07, 6.45) is 8.38. The summed E-state index contributed by atoms with van der Waals surface area (Å²) in [5.74, 6) is 2.43. The predicted molar refractivity (Wildman–Crippen MR) is 132 cm³/mol. The maximum atomic E-state index is 13.9. The van der Waals surface area contributed by atoms with E-state index in [1.807, 2.05) is 18.3 Å². The zero-order valence-corrected chi connectivity index (χ0v) is 19.3. The van der Waals surface area contributed by atoms with Crippen molar-refractivity contribution in [1.82, 2.24) is 4.98 Å². The number of rotatable bonds is 6. The topological polar surface area (TPSA) is 46.8 Å². The van der Waals surface area contributed by atoms with Gasteiger partial charge in [0, 0.05) is 23.7 Å². The van der Waals surface area contributed by atoms with E-state index in [2.05, 4.69) is 40.3 Å². The van der Waals surface area contributed by atoms with Gasteiger partial charge in [0.05, 0.1) is 18.3 Å². The van der Waals surface area contributed by atoms with Gasteiger partial charge in [-0.25, -0.2) is 4.39 Å². The lowest BCUT2D eigenvalue weighted by molar-refractivity contribution is 0.250. The fraction of sp³-hybridized carbons (Fsp3) is 0.393. The molecule has 3 aromatic rings. The highest BCUT2D eigenvalue weighted by Crippen LogP contribution is 2.41. The third-order valence-electron chi connectivity index (χ3n) is 7.42. The van der Waals surface area contributed by atoms with E-state index in [-0.39, 0.29) is 5.82 Å². The Kier molecular flexibility index (Phi) is 6.21. The zero-order valence-electron chi connectivity index (χ0n) is 19.3. The summed E-state index contributed by atoms with van der Waals surface area (Å²) in [6.45, 7) is 2.36. The van der Waals surface area contributed by atoms with E-state index < -0.39 is 0 Å². The van der Waals surface area contributed by atoms with Gasteiger partial charge in [0.2, 0.25) is 0 Å². The Labute approximate surface area is 194 Å². The molecule has 5 rings (SSSR count). The van der Waals surface area contributed by atoms with Gasteiger partial charge < -0.3 is 4.74 Å². The van der Waals surface area contributed by atoms with Crippen molar-refractivity contribution >= 4 is 22.3 Å². The molecule has 0 bridgehead atoms. The highest BCUT2D eigenvalue weighted by atomic mass is 19.1. The second kappa shape index (κ2) is 9.42. The zero-order chi connectivity index (χ0) is 22.8. The van der Waals surface area contributed by atoms with Crippen molar-refractivity contribution in [3.63, 3.8) is 0 Å². The quantitative estimate of drug-likeness (QED) is 0.415. The summed E-state index contributed by atoms with van der Waals surface area (Å²) in [7, 11) is 1.68. The molecular weight excluding hydrogens is 413 g/mol. The molecule has 1 saturated carbocycles. The van der Waals surface area contributed by atoms with Gasteiger partial charge in [-0.1, -0.05) is 6.92 Å². The second-order valence-electron chi connectivity index (χ2n) is 9.47. The van der Waals surface area contributed by atoms with Crippen LogP contribution in [0.3, 0.4) is 0 Å². The lowest BCUT2D eigenvalue weighted by Crippen LogP contribution is -2.21. The third-order valence-corrected chi connectivity index (χ3v) is 7.42. The van der Waals surface area contributed by atoms with Crippen molar-refractivity contribution in [2.75, 3.05) is 7.11 Å². The van der Waals surface area contributed by atoms with Gasteiger partial charge >= 0.3 is 0 Å². The second-order valence-corrected chi connectivity index (χ2v) is 9.47. The number of methoxy groups -OCH3 is 1. The molecule has 1 aromatic heterocycles. The maximum absolute atomic E-state index is 13.9. The fourth-order valence-corrected chi connectivity index (χ4v) is 5.48. The molecule has 0 N–H and O–H groups in total. The molecule has 0 saturated heterocycles. The van der Waals surface area contributed by atoms with Crippen LogP contribution in [0, 0.1) is 17.7 Å². The van der Waals surface area contributed by atoms with E-state index in [0.29, 0.717) is 17.8 Å². The Morgan fingerprint density at radius 2 is 1.79 bits per heavy atom. The van der Waals surface area contributed by atoms with Gasteiger partial charge in [-0.05, 0) is 110 Å². The Morgan fingerprint density at radius 1 is 1.00 bits per heavy atom. The average Bonchev–Trinajstić information content (AvgIpc) is 3.32. The first-order valence-corrected chi connectivity index (χ1v) is 11.9. The van der Waals surface area contributed by atoms with Gasteiger partial charge in [0.15, 0.2) is 0 Å². The van der Waals surface area contributed by atoms with E-state index in [9.17, 15) is 4.39 Å². The van der Waals surface area contributed by atoms with Crippen LogP contribution in [0.5, 0.6) is 5.75 Å². The summed E-state index contributed by atoms with van der Waals surface area (Å²) in [5, 5.41) is 9.93. The molecule has 1 aliphatic carbocycles. The van der Waals surface area contributed by atoms with E-state index in [1.165, 1.54) is 30.2 Å². The molecule has 1 aliphatic heterocycles. The number of hydrogen-bond donors (Lipinski definition) is 0. The monoisotopic (exact) mass is 443 g/mol. The number of aromatic nitrogens is 1. The minimum absolute atomic E-state index is 0.187. The van der Waals surface area contributed by atoms with Gasteiger partial charge in [-0.15, -0.1) is 0 Å². The molecule has 2 aliphatic rings. The lowest BCUT2D eigenvalue weighted by Gasteiger charge is -2.33. The van der Waals surface area contributed by atoms with Crippen LogP contribution >= 0.6 is 0 Å². The molecule has 0 amide bonds. The number of hydrogen-bond acceptors (Lipinski definition) is 4. The summed E-state index contributed by atoms with van der Waals surface area (Å²) < 4.78 is 19.1. The van der Waals surface area contributed by atoms with Crippen molar-refractivity contribution < 1.29 is 9.13 Å². The minimum Gasteiger partial charge on any atom is -0.497 e. The smallest absolute Gasteiger partial charge is 0.123 e. The molecule has 4 nitrogen and oxygen atoms in total. The molecule has 1 atom stereocenters. The van der Waals surface area contributed by atoms with Crippen molar-refractivity contribution in [2.45, 2.75) is 51.4 Å². The first-order valence-electron chi connectivity index (χ1n) is 11.9. The fourth-order valence-electron chi connectivity index (χ4n) is 5.48. The standard InChI is InChI=1S/C28H30FN3O/c1-18(15-23-17-28(32-31-23)21-7-10-24(33-2)11-8-21)19-3-5-20(6-4-19)25-13-14-30-27-12-9-22(29)16-26(25)27/h7-14,16,18-20H,3-6,15,17H2,1-2H3/t18-,19?,20?/m0/s1. The Bertz CT molecular complexity index is 1190. The van der Waals surface area contributed by atoms with E-state index in [4.69, 9.17) is 4.74 Å². The van der Waals surface area contributed by atoms with Crippen LogP contribution in [0.4, 0.5) is 4.39 Å². The van der Waals surface area contributed by atoms with Crippen molar-refractivity contribution in [2.24, 2.45) is 22.0 Å². The summed E-state index contributed by atoms with van der Waals surface area (Å²) in [4.78, 5) is 4.42. The molecular formula is C28H30FN3O. The first kappa shape index (κ1) is 21.7. The van der Waals surface area contributed by atoms with Crippen LogP contribution in [0.2, 0.25) is 0 Å². The SMILES string of the molecule is COc1ccc(C2=NN=C(C[C@H](C)C3CCC(c4ccnc5ccc(F)cc45)CC3)C2)cc1. The molecule has 170 valence electrons. The molecule has 1 fully saturated rings. The molecule has 2 aromatic carbocycles. The van der Waals surface area contributed by atoms with Crippen LogP contribution in [-0.4, -0.2) is 23.5 Å². The van der Waals surface area contributed by atoms with Crippen molar-refractivity contribution in [1.29, 1.82) is 0 Å². The van der Waals surface area contributed by atoms with Gasteiger partial charge in [0.1, 0.15) is 11.6 Å². The summed E-state index contributed by atoms with van der Waals surface area (Å²) in [5.41, 5.74) is 5.48. The minimum atomic E-state index is -0.187. The van der Waals surface area contributed by atoms with Crippen LogP contribution in [0.1, 0.15) is 62.5 Å². The highest BCUT2D eigenvalue weighted by Gasteiger charge is 2.28. The number of pyridine rings is 1.